The quantitative estimate of drug-likeness (QED) is 0.152. The van der Waals surface area contributed by atoms with Gasteiger partial charge in [0.1, 0.15) is 11.7 Å². The van der Waals surface area contributed by atoms with Gasteiger partial charge in [0.25, 0.3) is 5.95 Å². The average Bonchev–Trinajstić information content (AvgIpc) is 3.66. The Labute approximate surface area is 221 Å². The Balaban J connectivity index is 1.55. The molecule has 1 aromatic carbocycles. The number of hydrogen-bond acceptors (Lipinski definition) is 8. The zero-order valence-corrected chi connectivity index (χ0v) is 20.6. The van der Waals surface area contributed by atoms with E-state index < -0.39 is 31.0 Å². The largest absolute Gasteiger partial charge is 0.618 e. The molecule has 12 nitrogen and oxygen atoms in total. The maximum Gasteiger partial charge on any atom is 0.345 e. The van der Waals surface area contributed by atoms with Gasteiger partial charge in [-0.25, -0.2) is 9.07 Å². The second-order valence-electron chi connectivity index (χ2n) is 8.15. The van der Waals surface area contributed by atoms with Crippen LogP contribution in [0.15, 0.2) is 49.2 Å². The molecular formula is C22H17ClF4N10O2. The molecule has 0 aliphatic heterocycles. The molecule has 0 aliphatic rings. The smallest absolute Gasteiger partial charge is 0.345 e. The molecule has 0 saturated carbocycles. The van der Waals surface area contributed by atoms with E-state index in [2.05, 4.69) is 35.6 Å². The molecule has 0 bridgehead atoms. The van der Waals surface area contributed by atoms with Crippen molar-refractivity contribution in [2.75, 3.05) is 6.61 Å². The Morgan fingerprint density at radius 3 is 2.59 bits per heavy atom. The van der Waals surface area contributed by atoms with Crippen LogP contribution in [0.1, 0.15) is 18.2 Å². The predicted molar refractivity (Wildman–Crippen MR) is 125 cm³/mol. The van der Waals surface area contributed by atoms with Crippen molar-refractivity contribution in [2.45, 2.75) is 19.1 Å². The number of alkyl halides is 2. The predicted octanol–water partition coefficient (Wildman–Crippen LogP) is 3.11. The summed E-state index contributed by atoms with van der Waals surface area (Å²) < 4.78 is 62.0. The van der Waals surface area contributed by atoms with Crippen LogP contribution < -0.4 is 4.73 Å². The minimum Gasteiger partial charge on any atom is -0.618 e. The van der Waals surface area contributed by atoms with Gasteiger partial charge < -0.3 is 9.94 Å². The van der Waals surface area contributed by atoms with Crippen LogP contribution in [0.5, 0.6) is 0 Å². The Bertz CT molecular complexity index is 1590. The summed E-state index contributed by atoms with van der Waals surface area (Å²) in [4.78, 5) is 1.07. The van der Waals surface area contributed by atoms with E-state index in [9.17, 15) is 18.4 Å². The molecule has 0 amide bonds. The minimum atomic E-state index is -3.02. The molecule has 39 heavy (non-hydrogen) atoms. The molecule has 0 unspecified atom stereocenters. The zero-order chi connectivity index (χ0) is 27.7. The van der Waals surface area contributed by atoms with Crippen molar-refractivity contribution < 1.29 is 27.0 Å². The number of benzene rings is 1. The Hall–Kier alpha value is -4.44. The van der Waals surface area contributed by atoms with Gasteiger partial charge in [-0.3, -0.25) is 4.68 Å². The molecule has 0 radical (unpaired) electrons. The number of nitrogens with zero attached hydrogens (tertiary/aromatic N) is 10. The SMILES string of the molecule is Cn1nnc(F)c1-c1cnn([C@H](CCOC(F)F)c2ccc(-c3c(-n4ncnn4)ccc(Cl)c3F)c[n+]2[O-])c1. The van der Waals surface area contributed by atoms with Crippen LogP contribution in [0.2, 0.25) is 5.02 Å². The molecule has 0 spiro atoms. The molecule has 0 saturated heterocycles. The van der Waals surface area contributed by atoms with E-state index in [1.54, 1.807) is 0 Å². The summed E-state index contributed by atoms with van der Waals surface area (Å²) in [5, 5.41) is 35.5. The number of ether oxygens (including phenoxy) is 1. The number of rotatable bonds is 9. The number of pyridine rings is 1. The lowest BCUT2D eigenvalue weighted by atomic mass is 10.0. The number of aryl methyl sites for hydroxylation is 1. The maximum absolute atomic E-state index is 15.2. The monoisotopic (exact) mass is 564 g/mol. The van der Waals surface area contributed by atoms with E-state index in [1.807, 2.05) is 0 Å². The summed E-state index contributed by atoms with van der Waals surface area (Å²) >= 11 is 6.00. The summed E-state index contributed by atoms with van der Waals surface area (Å²) in [5.41, 5.74) is 0.646. The van der Waals surface area contributed by atoms with Gasteiger partial charge in [0.2, 0.25) is 5.69 Å². The van der Waals surface area contributed by atoms with Gasteiger partial charge in [-0.2, -0.15) is 23.0 Å². The molecule has 1 atom stereocenters. The van der Waals surface area contributed by atoms with Crippen molar-refractivity contribution >= 4 is 11.6 Å². The minimum absolute atomic E-state index is 0.0415. The van der Waals surface area contributed by atoms with Gasteiger partial charge >= 0.3 is 6.61 Å². The summed E-state index contributed by atoms with van der Waals surface area (Å²) in [5.74, 6) is -1.65. The summed E-state index contributed by atoms with van der Waals surface area (Å²) in [6.07, 6.45) is 4.91. The highest BCUT2D eigenvalue weighted by Crippen LogP contribution is 2.33. The van der Waals surface area contributed by atoms with Crippen molar-refractivity contribution in [3.05, 3.63) is 76.9 Å². The standard InChI is InChI=1S/C22H17ClF4N10O2/c1-34-20(21(25)31-33-34)13-8-29-35(9-13)15(6-7-39-22(26)27)16-4-2-12(10-36(16)38)18-17(37-30-11-28-32-37)5-3-14(23)19(18)24/h2-5,8-11,15,22H,6-7H2,1H3/t15-/m1/s1. The van der Waals surface area contributed by atoms with E-state index >= 15 is 4.39 Å². The normalized spacial score (nSPS) is 12.4. The van der Waals surface area contributed by atoms with E-state index in [0.717, 1.165) is 17.3 Å². The third-order valence-electron chi connectivity index (χ3n) is 5.83. The third-order valence-corrected chi connectivity index (χ3v) is 6.12. The number of halogens is 5. The fraction of sp³-hybridized carbons (Fsp3) is 0.227. The van der Waals surface area contributed by atoms with Gasteiger partial charge in [0, 0.05) is 31.3 Å². The maximum atomic E-state index is 15.2. The van der Waals surface area contributed by atoms with Crippen LogP contribution in [0.3, 0.4) is 0 Å². The summed E-state index contributed by atoms with van der Waals surface area (Å²) in [7, 11) is 1.49. The first-order valence-electron chi connectivity index (χ1n) is 11.2. The lowest BCUT2D eigenvalue weighted by Gasteiger charge is -2.18. The van der Waals surface area contributed by atoms with Crippen molar-refractivity contribution in [3.8, 4) is 28.1 Å². The van der Waals surface area contributed by atoms with Crippen molar-refractivity contribution in [1.82, 2.24) is 45.0 Å². The van der Waals surface area contributed by atoms with E-state index in [0.29, 0.717) is 10.3 Å². The Morgan fingerprint density at radius 2 is 1.92 bits per heavy atom. The number of tetrazole rings is 1. The van der Waals surface area contributed by atoms with Crippen LogP contribution in [-0.4, -0.2) is 58.2 Å². The summed E-state index contributed by atoms with van der Waals surface area (Å²) in [6, 6.07) is 4.70. The van der Waals surface area contributed by atoms with E-state index in [-0.39, 0.29) is 39.6 Å². The highest BCUT2D eigenvalue weighted by atomic mass is 35.5. The van der Waals surface area contributed by atoms with Gasteiger partial charge in [0.05, 0.1) is 34.6 Å². The molecule has 4 heterocycles. The first-order valence-corrected chi connectivity index (χ1v) is 11.6. The van der Waals surface area contributed by atoms with Crippen LogP contribution in [-0.2, 0) is 11.8 Å². The van der Waals surface area contributed by atoms with Crippen molar-refractivity contribution in [1.29, 1.82) is 0 Å². The van der Waals surface area contributed by atoms with Gasteiger partial charge in [-0.1, -0.05) is 21.9 Å². The molecular weight excluding hydrogens is 548 g/mol. The van der Waals surface area contributed by atoms with Crippen molar-refractivity contribution in [3.63, 3.8) is 0 Å². The Morgan fingerprint density at radius 1 is 1.10 bits per heavy atom. The topological polar surface area (TPSA) is 128 Å². The fourth-order valence-corrected chi connectivity index (χ4v) is 4.27. The lowest BCUT2D eigenvalue weighted by molar-refractivity contribution is -0.615. The molecule has 202 valence electrons. The van der Waals surface area contributed by atoms with Crippen molar-refractivity contribution in [2.24, 2.45) is 7.05 Å². The average molecular weight is 565 g/mol. The fourth-order valence-electron chi connectivity index (χ4n) is 4.11. The molecule has 5 aromatic rings. The first-order chi connectivity index (χ1) is 18.7. The third kappa shape index (κ3) is 5.15. The highest BCUT2D eigenvalue weighted by molar-refractivity contribution is 6.31. The van der Waals surface area contributed by atoms with Gasteiger partial charge in [-0.05, 0) is 23.4 Å². The highest BCUT2D eigenvalue weighted by Gasteiger charge is 2.27. The van der Waals surface area contributed by atoms with Crippen LogP contribution in [0.25, 0.3) is 28.1 Å². The van der Waals surface area contributed by atoms with E-state index in [1.165, 1.54) is 53.1 Å². The van der Waals surface area contributed by atoms with Crippen LogP contribution in [0, 0.1) is 17.0 Å². The van der Waals surface area contributed by atoms with Crippen LogP contribution in [0.4, 0.5) is 17.6 Å². The number of aromatic nitrogens is 10. The summed E-state index contributed by atoms with van der Waals surface area (Å²) in [6.45, 7) is -3.45. The number of hydrogen-bond donors (Lipinski definition) is 0. The molecule has 0 aliphatic carbocycles. The zero-order valence-electron chi connectivity index (χ0n) is 19.9. The van der Waals surface area contributed by atoms with E-state index in [4.69, 9.17) is 11.6 Å². The molecule has 0 N–H and O–H groups in total. The Kier molecular flexibility index (Phi) is 7.21. The van der Waals surface area contributed by atoms with Gasteiger partial charge in [0.15, 0.2) is 18.3 Å². The second-order valence-corrected chi connectivity index (χ2v) is 8.55. The molecule has 0 fully saturated rings. The first kappa shape index (κ1) is 26.2. The molecule has 4 aromatic heterocycles. The molecule has 17 heteroatoms. The van der Waals surface area contributed by atoms with Crippen LogP contribution >= 0.6 is 11.6 Å². The second kappa shape index (κ2) is 10.7. The molecule has 5 rings (SSSR count). The lowest BCUT2D eigenvalue weighted by Crippen LogP contribution is -2.36. The van der Waals surface area contributed by atoms with Gasteiger partial charge in [-0.15, -0.1) is 15.0 Å².